The summed E-state index contributed by atoms with van der Waals surface area (Å²) in [6.45, 7) is 1.42. The molecule has 2 aliphatic heterocycles. The molecule has 0 aliphatic carbocycles. The predicted octanol–water partition coefficient (Wildman–Crippen LogP) is 6.16. The van der Waals surface area contributed by atoms with Crippen LogP contribution in [0.3, 0.4) is 0 Å². The highest BCUT2D eigenvalue weighted by Gasteiger charge is 2.33. The SMILES string of the molecule is CN1CCP(=O)(c2ccc(NCC#Cc3sc4c(NC5CCN(C)CC5F)cccc4c3CC(F)(F)F)c(OCF)c2)CC1. The number of likely N-dealkylation sites (tertiary alicyclic amines) is 1. The van der Waals surface area contributed by atoms with Gasteiger partial charge in [-0.1, -0.05) is 24.0 Å². The molecule has 44 heavy (non-hydrogen) atoms. The number of hydrogen-bond donors (Lipinski definition) is 2. The highest BCUT2D eigenvalue weighted by Crippen LogP contribution is 2.47. The van der Waals surface area contributed by atoms with Crippen molar-refractivity contribution in [2.45, 2.75) is 31.2 Å². The third-order valence-electron chi connectivity index (χ3n) is 8.18. The Balaban J connectivity index is 1.37. The number of benzene rings is 2. The van der Waals surface area contributed by atoms with E-state index in [1.54, 1.807) is 36.4 Å². The van der Waals surface area contributed by atoms with Crippen molar-refractivity contribution in [1.82, 2.24) is 9.80 Å². The van der Waals surface area contributed by atoms with Crippen molar-refractivity contribution in [2.24, 2.45) is 0 Å². The van der Waals surface area contributed by atoms with E-state index in [2.05, 4.69) is 27.4 Å². The Morgan fingerprint density at radius 2 is 1.86 bits per heavy atom. The van der Waals surface area contributed by atoms with Crippen LogP contribution in [0, 0.1) is 11.8 Å². The van der Waals surface area contributed by atoms with Crippen molar-refractivity contribution in [1.29, 1.82) is 0 Å². The average Bonchev–Trinajstić information content (AvgIpc) is 3.31. The number of halogens is 5. The smallest absolute Gasteiger partial charge is 0.393 e. The molecule has 3 aromatic rings. The molecule has 2 fully saturated rings. The van der Waals surface area contributed by atoms with Gasteiger partial charge < -0.3 is 29.7 Å². The maximum absolute atomic E-state index is 14.7. The normalized spacial score (nSPS) is 21.1. The molecule has 0 spiro atoms. The molecule has 2 unspecified atom stereocenters. The molecule has 238 valence electrons. The minimum Gasteiger partial charge on any atom is -0.461 e. The molecule has 13 heteroatoms. The first-order valence-corrected chi connectivity index (χ1v) is 17.4. The molecule has 0 amide bonds. The lowest BCUT2D eigenvalue weighted by Gasteiger charge is -2.33. The van der Waals surface area contributed by atoms with Crippen molar-refractivity contribution < 1.29 is 31.3 Å². The molecule has 5 rings (SSSR count). The summed E-state index contributed by atoms with van der Waals surface area (Å²) in [6, 6.07) is 9.67. The quantitative estimate of drug-likeness (QED) is 0.172. The fourth-order valence-corrected chi connectivity index (χ4v) is 9.62. The zero-order valence-corrected chi connectivity index (χ0v) is 26.4. The Bertz CT molecular complexity index is 1570. The van der Waals surface area contributed by atoms with E-state index in [1.165, 1.54) is 0 Å². The molecule has 2 atom stereocenters. The van der Waals surface area contributed by atoms with Crippen LogP contribution in [0.2, 0.25) is 0 Å². The number of anilines is 2. The van der Waals surface area contributed by atoms with E-state index in [9.17, 15) is 26.5 Å². The average molecular weight is 655 g/mol. The molecule has 2 aromatic carbocycles. The van der Waals surface area contributed by atoms with Crippen LogP contribution in [0.25, 0.3) is 10.1 Å². The molecule has 2 N–H and O–H groups in total. The van der Waals surface area contributed by atoms with Gasteiger partial charge in [0.05, 0.1) is 40.0 Å². The van der Waals surface area contributed by atoms with Crippen LogP contribution in [0.1, 0.15) is 16.9 Å². The van der Waals surface area contributed by atoms with Gasteiger partial charge in [0.15, 0.2) is 0 Å². The number of nitrogens with zero attached hydrogens (tertiary/aromatic N) is 2. The van der Waals surface area contributed by atoms with Gasteiger partial charge in [-0.15, -0.1) is 11.3 Å². The Morgan fingerprint density at radius 1 is 1.09 bits per heavy atom. The van der Waals surface area contributed by atoms with Crippen molar-refractivity contribution in [3.63, 3.8) is 0 Å². The van der Waals surface area contributed by atoms with Crippen molar-refractivity contribution in [3.05, 3.63) is 46.8 Å². The summed E-state index contributed by atoms with van der Waals surface area (Å²) in [5.74, 6) is 6.00. The van der Waals surface area contributed by atoms with Crippen LogP contribution in [0.4, 0.5) is 33.3 Å². The summed E-state index contributed by atoms with van der Waals surface area (Å²) in [5.41, 5.74) is 1.12. The van der Waals surface area contributed by atoms with E-state index in [1.807, 2.05) is 19.0 Å². The highest BCUT2D eigenvalue weighted by molar-refractivity contribution is 7.71. The molecule has 3 heterocycles. The highest BCUT2D eigenvalue weighted by atomic mass is 32.1. The maximum atomic E-state index is 14.7. The summed E-state index contributed by atoms with van der Waals surface area (Å²) in [4.78, 5) is 4.31. The minimum atomic E-state index is -4.44. The topological polar surface area (TPSA) is 56.8 Å². The summed E-state index contributed by atoms with van der Waals surface area (Å²) in [6.07, 6.45) is -5.03. The lowest BCUT2D eigenvalue weighted by atomic mass is 10.0. The first-order chi connectivity index (χ1) is 21.0. The van der Waals surface area contributed by atoms with Crippen LogP contribution < -0.4 is 20.7 Å². The first kappa shape index (κ1) is 32.6. The number of hydrogen-bond acceptors (Lipinski definition) is 7. The number of fused-ring (bicyclic) bond motifs is 1. The van der Waals surface area contributed by atoms with Crippen molar-refractivity contribution in [3.8, 4) is 17.6 Å². The molecule has 0 saturated carbocycles. The zero-order chi connectivity index (χ0) is 31.5. The minimum absolute atomic E-state index is 0.0500. The van der Waals surface area contributed by atoms with Gasteiger partial charge in [0.2, 0.25) is 6.86 Å². The summed E-state index contributed by atoms with van der Waals surface area (Å²) in [5, 5.41) is 7.37. The molecular weight excluding hydrogens is 618 g/mol. The van der Waals surface area contributed by atoms with Crippen molar-refractivity contribution in [2.75, 3.05) is 76.6 Å². The Morgan fingerprint density at radius 3 is 2.57 bits per heavy atom. The van der Waals surface area contributed by atoms with E-state index in [0.717, 1.165) is 17.9 Å². The first-order valence-electron chi connectivity index (χ1n) is 14.5. The lowest BCUT2D eigenvalue weighted by molar-refractivity contribution is -0.126. The number of nitrogens with one attached hydrogen (secondary N) is 2. The van der Waals surface area contributed by atoms with Gasteiger partial charge >= 0.3 is 6.18 Å². The van der Waals surface area contributed by atoms with Gasteiger partial charge in [-0.2, -0.15) is 13.2 Å². The summed E-state index contributed by atoms with van der Waals surface area (Å²) in [7, 11) is 1.21. The second-order valence-electron chi connectivity index (χ2n) is 11.4. The van der Waals surface area contributed by atoms with Crippen LogP contribution >= 0.6 is 18.5 Å². The van der Waals surface area contributed by atoms with E-state index < -0.39 is 38.8 Å². The fraction of sp³-hybridized carbons (Fsp3) is 0.484. The second kappa shape index (κ2) is 13.7. The maximum Gasteiger partial charge on any atom is 0.393 e. The molecular formula is C31H36F5N4O2PS. The molecule has 0 radical (unpaired) electrons. The van der Waals surface area contributed by atoms with E-state index in [-0.39, 0.29) is 22.7 Å². The molecule has 2 aliphatic rings. The fourth-order valence-electron chi connectivity index (χ4n) is 5.68. The standard InChI is InChI=1S/C31H36F5N4O2PS/c1-39-13-15-43(41,16-14-39)21-8-9-26(28(17-21)42-20-32)37-11-4-7-29-23(18-31(34,35)36)22-5-3-6-27(30(22)44-29)38-25-10-12-40(2)19-24(25)33/h3,5-6,8-9,17,24-25,37-38H,10-16,18-20H2,1-2H3. The second-order valence-corrected chi connectivity index (χ2v) is 15.6. The largest absolute Gasteiger partial charge is 0.461 e. The third-order valence-corrected chi connectivity index (χ3v) is 12.4. The van der Waals surface area contributed by atoms with Gasteiger partial charge in [0, 0.05) is 43.8 Å². The molecule has 6 nitrogen and oxygen atoms in total. The monoisotopic (exact) mass is 654 g/mol. The summed E-state index contributed by atoms with van der Waals surface area (Å²) >= 11 is 1.15. The number of rotatable bonds is 8. The lowest BCUT2D eigenvalue weighted by Crippen LogP contribution is -2.46. The van der Waals surface area contributed by atoms with Crippen LogP contribution in [-0.4, -0.2) is 94.2 Å². The van der Waals surface area contributed by atoms with E-state index in [4.69, 9.17) is 4.74 Å². The van der Waals surface area contributed by atoms with E-state index >= 15 is 0 Å². The van der Waals surface area contributed by atoms with Gasteiger partial charge in [-0.05, 0) is 55.7 Å². The van der Waals surface area contributed by atoms with Gasteiger partial charge in [0.1, 0.15) is 19.1 Å². The third kappa shape index (κ3) is 7.68. The van der Waals surface area contributed by atoms with Crippen LogP contribution in [-0.2, 0) is 11.0 Å². The molecule has 1 aromatic heterocycles. The summed E-state index contributed by atoms with van der Waals surface area (Å²) < 4.78 is 88.2. The Hall–Kier alpha value is -2.84. The number of thiophene rings is 1. The Kier molecular flexibility index (Phi) is 10.1. The van der Waals surface area contributed by atoms with Crippen LogP contribution in [0.15, 0.2) is 36.4 Å². The predicted molar refractivity (Wildman–Crippen MR) is 169 cm³/mol. The van der Waals surface area contributed by atoms with E-state index in [0.29, 0.717) is 65.1 Å². The van der Waals surface area contributed by atoms with Gasteiger partial charge in [-0.25, -0.2) is 8.78 Å². The van der Waals surface area contributed by atoms with Crippen LogP contribution in [0.5, 0.6) is 5.75 Å². The van der Waals surface area contributed by atoms with Crippen molar-refractivity contribution >= 4 is 45.2 Å². The zero-order valence-electron chi connectivity index (χ0n) is 24.6. The Labute approximate surface area is 258 Å². The molecule has 0 bridgehead atoms. The molecule has 2 saturated heterocycles. The van der Waals surface area contributed by atoms with Gasteiger partial charge in [-0.3, -0.25) is 0 Å². The number of ether oxygens (including phenoxy) is 1. The number of piperidine rings is 1. The van der Waals surface area contributed by atoms with Gasteiger partial charge in [0.25, 0.3) is 0 Å². The number of alkyl halides is 5.